The minimum atomic E-state index is -0.374. The van der Waals surface area contributed by atoms with Crippen molar-refractivity contribution in [3.8, 4) is 0 Å². The first-order valence-corrected chi connectivity index (χ1v) is 11.3. The fraction of sp³-hybridized carbons (Fsp3) is 0.652. The van der Waals surface area contributed by atoms with Crippen LogP contribution in [0.2, 0.25) is 0 Å². The molecule has 0 bridgehead atoms. The molecule has 6 nitrogen and oxygen atoms in total. The summed E-state index contributed by atoms with van der Waals surface area (Å²) >= 11 is 0. The van der Waals surface area contributed by atoms with Gasteiger partial charge in [0, 0.05) is 43.0 Å². The van der Waals surface area contributed by atoms with E-state index in [-0.39, 0.29) is 24.0 Å². The van der Waals surface area contributed by atoms with E-state index in [9.17, 15) is 9.59 Å². The maximum atomic E-state index is 12.8. The number of likely N-dealkylation sites (tertiary alicyclic amines) is 1. The first-order chi connectivity index (χ1) is 14.2. The highest BCUT2D eigenvalue weighted by Gasteiger charge is 2.29. The van der Waals surface area contributed by atoms with Crippen molar-refractivity contribution in [3.63, 3.8) is 0 Å². The lowest BCUT2D eigenvalue weighted by Crippen LogP contribution is -2.39. The molecule has 6 heteroatoms. The van der Waals surface area contributed by atoms with Crippen molar-refractivity contribution < 1.29 is 14.3 Å². The molecule has 1 aliphatic carbocycles. The molecule has 2 N–H and O–H groups in total. The highest BCUT2D eigenvalue weighted by molar-refractivity contribution is 5.98. The molecule has 1 saturated carbocycles. The zero-order chi connectivity index (χ0) is 20.1. The molecule has 2 atom stereocenters. The number of ether oxygens (including phenoxy) is 1. The number of amides is 2. The van der Waals surface area contributed by atoms with E-state index < -0.39 is 0 Å². The Morgan fingerprint density at radius 1 is 1.00 bits per heavy atom. The van der Waals surface area contributed by atoms with Crippen LogP contribution in [0.15, 0.2) is 24.3 Å². The Morgan fingerprint density at radius 2 is 1.83 bits per heavy atom. The maximum Gasteiger partial charge on any atom is 0.253 e. The zero-order valence-corrected chi connectivity index (χ0v) is 17.2. The van der Waals surface area contributed by atoms with Crippen LogP contribution in [0.25, 0.3) is 0 Å². The predicted octanol–water partition coefficient (Wildman–Crippen LogP) is 3.33. The summed E-state index contributed by atoms with van der Waals surface area (Å²) in [7, 11) is 0. The Kier molecular flexibility index (Phi) is 6.82. The fourth-order valence-corrected chi connectivity index (χ4v) is 4.87. The average molecular weight is 400 g/mol. The van der Waals surface area contributed by atoms with Gasteiger partial charge >= 0.3 is 0 Å². The topological polar surface area (TPSA) is 70.7 Å². The molecule has 1 aromatic rings. The maximum absolute atomic E-state index is 12.8. The second kappa shape index (κ2) is 9.72. The quantitative estimate of drug-likeness (QED) is 0.745. The average Bonchev–Trinajstić information content (AvgIpc) is 3.35. The van der Waals surface area contributed by atoms with Crippen LogP contribution < -0.4 is 10.6 Å². The predicted molar refractivity (Wildman–Crippen MR) is 113 cm³/mol. The monoisotopic (exact) mass is 399 g/mol. The van der Waals surface area contributed by atoms with Crippen LogP contribution in [0.5, 0.6) is 0 Å². The summed E-state index contributed by atoms with van der Waals surface area (Å²) in [6.07, 6.45) is 10.3. The molecular formula is C23H33N3O3. The van der Waals surface area contributed by atoms with E-state index in [2.05, 4.69) is 15.5 Å². The highest BCUT2D eigenvalue weighted by atomic mass is 16.5. The van der Waals surface area contributed by atoms with E-state index >= 15 is 0 Å². The molecule has 2 amide bonds. The summed E-state index contributed by atoms with van der Waals surface area (Å²) in [5, 5.41) is 6.07. The van der Waals surface area contributed by atoms with Crippen molar-refractivity contribution in [1.29, 1.82) is 0 Å². The molecule has 0 radical (unpaired) electrons. The number of anilines is 1. The molecule has 3 aliphatic rings. The number of carbonyl (C=O) groups is 2. The van der Waals surface area contributed by atoms with Gasteiger partial charge in [0.2, 0.25) is 0 Å². The normalized spacial score (nSPS) is 26.2. The lowest BCUT2D eigenvalue weighted by Gasteiger charge is -2.26. The van der Waals surface area contributed by atoms with Crippen LogP contribution >= 0.6 is 0 Å². The molecule has 0 aromatic heterocycles. The molecule has 3 fully saturated rings. The molecule has 2 saturated heterocycles. The second-order valence-electron chi connectivity index (χ2n) is 8.67. The zero-order valence-electron chi connectivity index (χ0n) is 17.2. The molecule has 158 valence electrons. The van der Waals surface area contributed by atoms with Gasteiger partial charge in [-0.3, -0.25) is 14.5 Å². The number of benzene rings is 1. The van der Waals surface area contributed by atoms with Crippen LogP contribution in [-0.2, 0) is 9.53 Å². The SMILES string of the molecule is O=C(NC1CCN(C2CCCCCC2)C1)c1cccc(NC(=O)C2CCCO2)c1. The summed E-state index contributed by atoms with van der Waals surface area (Å²) in [5.74, 6) is -0.194. The van der Waals surface area contributed by atoms with Gasteiger partial charge in [0.05, 0.1) is 0 Å². The molecule has 2 unspecified atom stereocenters. The van der Waals surface area contributed by atoms with Crippen molar-refractivity contribution in [1.82, 2.24) is 10.2 Å². The number of nitrogens with one attached hydrogen (secondary N) is 2. The number of rotatable bonds is 5. The summed E-state index contributed by atoms with van der Waals surface area (Å²) < 4.78 is 5.43. The van der Waals surface area contributed by atoms with E-state index in [0.29, 0.717) is 23.9 Å². The Bertz CT molecular complexity index is 709. The van der Waals surface area contributed by atoms with Gasteiger partial charge < -0.3 is 15.4 Å². The lowest BCUT2D eigenvalue weighted by atomic mass is 10.1. The van der Waals surface area contributed by atoms with Gasteiger partial charge in [-0.2, -0.15) is 0 Å². The summed E-state index contributed by atoms with van der Waals surface area (Å²) in [4.78, 5) is 27.6. The number of carbonyl (C=O) groups excluding carboxylic acids is 2. The van der Waals surface area contributed by atoms with E-state index in [1.54, 1.807) is 12.1 Å². The van der Waals surface area contributed by atoms with Crippen LogP contribution in [-0.4, -0.2) is 54.6 Å². The molecule has 2 aliphatic heterocycles. The molecule has 2 heterocycles. The number of hydrogen-bond acceptors (Lipinski definition) is 4. The van der Waals surface area contributed by atoms with Gasteiger partial charge in [-0.25, -0.2) is 0 Å². The second-order valence-corrected chi connectivity index (χ2v) is 8.67. The summed E-state index contributed by atoms with van der Waals surface area (Å²) in [5.41, 5.74) is 1.23. The van der Waals surface area contributed by atoms with Gasteiger partial charge in [0.25, 0.3) is 11.8 Å². The number of hydrogen-bond donors (Lipinski definition) is 2. The van der Waals surface area contributed by atoms with Crippen molar-refractivity contribution in [3.05, 3.63) is 29.8 Å². The van der Waals surface area contributed by atoms with Crippen molar-refractivity contribution in [2.24, 2.45) is 0 Å². The smallest absolute Gasteiger partial charge is 0.253 e. The molecule has 0 spiro atoms. The Balaban J connectivity index is 1.30. The Labute approximate surface area is 173 Å². The molecule has 4 rings (SSSR count). The van der Waals surface area contributed by atoms with Crippen LogP contribution in [0.1, 0.15) is 68.1 Å². The molecule has 1 aromatic carbocycles. The van der Waals surface area contributed by atoms with E-state index in [0.717, 1.165) is 32.4 Å². The van der Waals surface area contributed by atoms with Crippen molar-refractivity contribution >= 4 is 17.5 Å². The van der Waals surface area contributed by atoms with E-state index in [4.69, 9.17) is 4.74 Å². The van der Waals surface area contributed by atoms with Gasteiger partial charge in [0.1, 0.15) is 6.10 Å². The van der Waals surface area contributed by atoms with Crippen LogP contribution in [0, 0.1) is 0 Å². The van der Waals surface area contributed by atoms with Crippen molar-refractivity contribution in [2.45, 2.75) is 76.0 Å². The molecule has 29 heavy (non-hydrogen) atoms. The first kappa shape index (κ1) is 20.4. The Hall–Kier alpha value is -1.92. The number of nitrogens with zero attached hydrogens (tertiary/aromatic N) is 1. The third-order valence-corrected chi connectivity index (χ3v) is 6.51. The summed E-state index contributed by atoms with van der Waals surface area (Å²) in [6, 6.07) is 8.07. The minimum absolute atomic E-state index is 0.0640. The van der Waals surface area contributed by atoms with E-state index in [1.165, 1.54) is 38.5 Å². The minimum Gasteiger partial charge on any atom is -0.368 e. The lowest BCUT2D eigenvalue weighted by molar-refractivity contribution is -0.124. The highest BCUT2D eigenvalue weighted by Crippen LogP contribution is 2.25. The largest absolute Gasteiger partial charge is 0.368 e. The van der Waals surface area contributed by atoms with Gasteiger partial charge in [-0.15, -0.1) is 0 Å². The van der Waals surface area contributed by atoms with E-state index in [1.807, 2.05) is 12.1 Å². The standard InChI is InChI=1S/C23H33N3O3/c27-22(25-19-12-13-26(16-19)20-9-3-1-2-4-10-20)17-7-5-8-18(15-17)24-23(28)21-11-6-14-29-21/h5,7-8,15,19-21H,1-4,6,9-14,16H2,(H,24,28)(H,25,27). The molecular weight excluding hydrogens is 366 g/mol. The van der Waals surface area contributed by atoms with Gasteiger partial charge in [-0.05, 0) is 50.3 Å². The van der Waals surface area contributed by atoms with Gasteiger partial charge in [0.15, 0.2) is 0 Å². The van der Waals surface area contributed by atoms with Crippen molar-refractivity contribution in [2.75, 3.05) is 25.0 Å². The first-order valence-electron chi connectivity index (χ1n) is 11.3. The van der Waals surface area contributed by atoms with Gasteiger partial charge in [-0.1, -0.05) is 31.7 Å². The van der Waals surface area contributed by atoms with Crippen LogP contribution in [0.3, 0.4) is 0 Å². The third-order valence-electron chi connectivity index (χ3n) is 6.51. The Morgan fingerprint density at radius 3 is 2.59 bits per heavy atom. The summed E-state index contributed by atoms with van der Waals surface area (Å²) in [6.45, 7) is 2.67. The third kappa shape index (κ3) is 5.37. The van der Waals surface area contributed by atoms with Crippen LogP contribution in [0.4, 0.5) is 5.69 Å². The fourth-order valence-electron chi connectivity index (χ4n) is 4.87.